The van der Waals surface area contributed by atoms with Crippen molar-refractivity contribution in [1.29, 1.82) is 0 Å². The first-order valence-electron chi connectivity index (χ1n) is 10.7. The number of nitrogens with two attached hydrogens (primary N) is 2. The van der Waals surface area contributed by atoms with E-state index in [9.17, 15) is 13.6 Å². The third kappa shape index (κ3) is 3.95. The molecule has 0 aliphatic carbocycles. The summed E-state index contributed by atoms with van der Waals surface area (Å²) in [6.07, 6.45) is 0.539. The molecule has 0 saturated carbocycles. The van der Waals surface area contributed by atoms with E-state index < -0.39 is 12.5 Å². The van der Waals surface area contributed by atoms with Crippen LogP contribution in [0.15, 0.2) is 18.2 Å². The zero-order valence-corrected chi connectivity index (χ0v) is 18.8. The number of amides is 1. The number of nitrogens with zero attached hydrogens (tertiary/aromatic N) is 3. The van der Waals surface area contributed by atoms with Crippen LogP contribution < -0.4 is 26.4 Å². The standard InChI is InChI=1S/C22H24F2N6O2S/c1-10-15(24)5-14-18(26)19(33-22(14)27-10)20(31)28-13-4-11-2-3-17(29-21(11)32-9-13)30-7-12(6-23)16(25)8-30/h2-3,5,12-13,16H,4,6-9,25-26H2,1H3,(H,28,31). The van der Waals surface area contributed by atoms with Crippen molar-refractivity contribution in [3.63, 3.8) is 0 Å². The Morgan fingerprint density at radius 3 is 2.94 bits per heavy atom. The number of pyridine rings is 2. The Bertz CT molecular complexity index is 1240. The molecule has 174 valence electrons. The molecule has 1 fully saturated rings. The van der Waals surface area contributed by atoms with Gasteiger partial charge in [-0.05, 0) is 25.1 Å². The van der Waals surface area contributed by atoms with Crippen LogP contribution in [-0.4, -0.2) is 54.3 Å². The smallest absolute Gasteiger partial charge is 0.263 e. The number of aromatic nitrogens is 2. The van der Waals surface area contributed by atoms with Gasteiger partial charge < -0.3 is 26.4 Å². The molecule has 5 heterocycles. The summed E-state index contributed by atoms with van der Waals surface area (Å²) in [4.78, 5) is 24.4. The first-order chi connectivity index (χ1) is 15.8. The van der Waals surface area contributed by atoms with Gasteiger partial charge in [-0.1, -0.05) is 0 Å². The lowest BCUT2D eigenvalue weighted by Gasteiger charge is -2.27. The molecule has 3 aromatic rings. The molecule has 11 heteroatoms. The Morgan fingerprint density at radius 1 is 1.36 bits per heavy atom. The molecule has 3 aromatic heterocycles. The number of nitrogen functional groups attached to an aromatic ring is 1. The molecule has 33 heavy (non-hydrogen) atoms. The largest absolute Gasteiger partial charge is 0.475 e. The SMILES string of the molecule is Cc1nc2sc(C(=O)NC3COc4nc(N5CC(N)C(CF)C5)ccc4C3)c(N)c2cc1F. The topological polar surface area (TPSA) is 119 Å². The first kappa shape index (κ1) is 21.8. The van der Waals surface area contributed by atoms with Crippen molar-refractivity contribution in [2.24, 2.45) is 11.7 Å². The van der Waals surface area contributed by atoms with Crippen LogP contribution in [0.3, 0.4) is 0 Å². The number of rotatable bonds is 4. The van der Waals surface area contributed by atoms with Crippen molar-refractivity contribution >= 4 is 39.0 Å². The lowest BCUT2D eigenvalue weighted by Crippen LogP contribution is -2.43. The molecule has 3 atom stereocenters. The zero-order valence-electron chi connectivity index (χ0n) is 18.0. The van der Waals surface area contributed by atoms with Gasteiger partial charge >= 0.3 is 0 Å². The number of carbonyl (C=O) groups is 1. The highest BCUT2D eigenvalue weighted by Gasteiger charge is 2.32. The number of anilines is 2. The predicted molar refractivity (Wildman–Crippen MR) is 123 cm³/mol. The molecular formula is C22H24F2N6O2S. The van der Waals surface area contributed by atoms with E-state index in [1.165, 1.54) is 6.07 Å². The van der Waals surface area contributed by atoms with Gasteiger partial charge in [-0.15, -0.1) is 11.3 Å². The molecule has 8 nitrogen and oxygen atoms in total. The molecule has 1 amide bonds. The summed E-state index contributed by atoms with van der Waals surface area (Å²) in [6, 6.07) is 4.60. The minimum atomic E-state index is -0.459. The van der Waals surface area contributed by atoms with Crippen LogP contribution in [0.1, 0.15) is 20.9 Å². The van der Waals surface area contributed by atoms with Crippen LogP contribution in [-0.2, 0) is 6.42 Å². The van der Waals surface area contributed by atoms with E-state index >= 15 is 0 Å². The first-order valence-corrected chi connectivity index (χ1v) is 11.5. The maximum Gasteiger partial charge on any atom is 0.263 e. The van der Waals surface area contributed by atoms with E-state index in [1.807, 2.05) is 17.0 Å². The number of fused-ring (bicyclic) bond motifs is 2. The average Bonchev–Trinajstić information content (AvgIpc) is 3.33. The number of hydrogen-bond donors (Lipinski definition) is 3. The number of carbonyl (C=O) groups excluding carboxylic acids is 1. The second-order valence-electron chi connectivity index (χ2n) is 8.56. The third-order valence-corrected chi connectivity index (χ3v) is 7.33. The quantitative estimate of drug-likeness (QED) is 0.530. The van der Waals surface area contributed by atoms with Crippen molar-refractivity contribution in [3.8, 4) is 5.88 Å². The van der Waals surface area contributed by atoms with Crippen LogP contribution in [0.4, 0.5) is 20.3 Å². The summed E-state index contributed by atoms with van der Waals surface area (Å²) in [6.45, 7) is 2.44. The lowest BCUT2D eigenvalue weighted by molar-refractivity contribution is 0.0918. The van der Waals surface area contributed by atoms with E-state index in [-0.39, 0.29) is 41.9 Å². The van der Waals surface area contributed by atoms with Gasteiger partial charge in [0.1, 0.15) is 27.9 Å². The third-order valence-electron chi connectivity index (χ3n) is 6.22. The Labute approximate surface area is 192 Å². The number of ether oxygens (including phenoxy) is 1. The highest BCUT2D eigenvalue weighted by molar-refractivity contribution is 7.21. The second-order valence-corrected chi connectivity index (χ2v) is 9.55. The number of hydrogen-bond acceptors (Lipinski definition) is 8. The summed E-state index contributed by atoms with van der Waals surface area (Å²) in [5, 5.41) is 3.38. The van der Waals surface area contributed by atoms with Crippen LogP contribution in [0.25, 0.3) is 10.2 Å². The Balaban J connectivity index is 1.29. The van der Waals surface area contributed by atoms with Crippen molar-refractivity contribution in [2.75, 3.05) is 37.0 Å². The minimum Gasteiger partial charge on any atom is -0.475 e. The molecule has 5 N–H and O–H groups in total. The van der Waals surface area contributed by atoms with Crippen LogP contribution in [0.2, 0.25) is 0 Å². The zero-order chi connectivity index (χ0) is 23.3. The summed E-state index contributed by atoms with van der Waals surface area (Å²) < 4.78 is 32.8. The maximum atomic E-state index is 13.9. The fourth-order valence-corrected chi connectivity index (χ4v) is 5.31. The molecule has 5 rings (SSSR count). The summed E-state index contributed by atoms with van der Waals surface area (Å²) in [5.41, 5.74) is 13.5. The van der Waals surface area contributed by atoms with Crippen LogP contribution >= 0.6 is 11.3 Å². The molecule has 2 aliphatic heterocycles. The van der Waals surface area contributed by atoms with Crippen LogP contribution in [0.5, 0.6) is 5.88 Å². The summed E-state index contributed by atoms with van der Waals surface area (Å²) in [7, 11) is 0. The van der Waals surface area contributed by atoms with Gasteiger partial charge in [0.2, 0.25) is 5.88 Å². The van der Waals surface area contributed by atoms with Crippen molar-refractivity contribution in [1.82, 2.24) is 15.3 Å². The number of aryl methyl sites for hydroxylation is 1. The molecule has 1 saturated heterocycles. The van der Waals surface area contributed by atoms with Crippen LogP contribution in [0, 0.1) is 18.7 Å². The molecule has 0 aromatic carbocycles. The highest BCUT2D eigenvalue weighted by Crippen LogP contribution is 2.34. The molecular weight excluding hydrogens is 450 g/mol. The predicted octanol–water partition coefficient (Wildman–Crippen LogP) is 2.19. The Hall–Kier alpha value is -3.05. The molecule has 0 spiro atoms. The van der Waals surface area contributed by atoms with E-state index in [1.54, 1.807) is 6.92 Å². The normalized spacial score (nSPS) is 22.3. The molecule has 0 bridgehead atoms. The number of nitrogens with one attached hydrogen (secondary N) is 1. The second kappa shape index (κ2) is 8.38. The summed E-state index contributed by atoms with van der Waals surface area (Å²) in [5.74, 6) is 0.209. The molecule has 0 radical (unpaired) electrons. The van der Waals surface area contributed by atoms with Gasteiger partial charge in [-0.3, -0.25) is 9.18 Å². The van der Waals surface area contributed by atoms with E-state index in [2.05, 4.69) is 15.3 Å². The van der Waals surface area contributed by atoms with Gasteiger partial charge in [0, 0.05) is 42.4 Å². The number of alkyl halides is 1. The Morgan fingerprint density at radius 2 is 2.18 bits per heavy atom. The van der Waals surface area contributed by atoms with E-state index in [0.717, 1.165) is 16.9 Å². The van der Waals surface area contributed by atoms with Gasteiger partial charge in [-0.2, -0.15) is 4.98 Å². The monoisotopic (exact) mass is 474 g/mol. The fraction of sp³-hybridized carbons (Fsp3) is 0.409. The van der Waals surface area contributed by atoms with Gasteiger partial charge in [-0.25, -0.2) is 9.37 Å². The lowest BCUT2D eigenvalue weighted by atomic mass is 10.1. The number of thiophene rings is 1. The fourth-order valence-electron chi connectivity index (χ4n) is 4.28. The Kier molecular flexibility index (Phi) is 5.53. The average molecular weight is 475 g/mol. The van der Waals surface area contributed by atoms with Gasteiger partial charge in [0.15, 0.2) is 0 Å². The maximum absolute atomic E-state index is 13.9. The molecule has 3 unspecified atom stereocenters. The van der Waals surface area contributed by atoms with E-state index in [4.69, 9.17) is 16.2 Å². The van der Waals surface area contributed by atoms with E-state index in [0.29, 0.717) is 46.3 Å². The van der Waals surface area contributed by atoms with Crippen molar-refractivity contribution < 1.29 is 18.3 Å². The number of halogens is 2. The summed E-state index contributed by atoms with van der Waals surface area (Å²) >= 11 is 1.14. The minimum absolute atomic E-state index is 0.194. The highest BCUT2D eigenvalue weighted by atomic mass is 32.1. The van der Waals surface area contributed by atoms with Crippen molar-refractivity contribution in [3.05, 3.63) is 40.2 Å². The van der Waals surface area contributed by atoms with Gasteiger partial charge in [0.25, 0.3) is 5.91 Å². The van der Waals surface area contributed by atoms with Gasteiger partial charge in [0.05, 0.1) is 24.1 Å². The molecule has 2 aliphatic rings. The van der Waals surface area contributed by atoms with Crippen molar-refractivity contribution in [2.45, 2.75) is 25.4 Å².